The Kier molecular flexibility index (Phi) is 4.99. The maximum absolute atomic E-state index is 12.4. The minimum Gasteiger partial charge on any atom is -0.338 e. The van der Waals surface area contributed by atoms with E-state index in [9.17, 15) is 9.59 Å². The molecule has 1 unspecified atom stereocenters. The van der Waals surface area contributed by atoms with Gasteiger partial charge in [0.25, 0.3) is 5.56 Å². The Hall–Kier alpha value is -2.13. The molecule has 1 aromatic rings. The Morgan fingerprint density at radius 2 is 2.23 bits per heavy atom. The number of aryl methyl sites for hydroxylation is 1. The van der Waals surface area contributed by atoms with Crippen molar-refractivity contribution in [3.8, 4) is 6.07 Å². The van der Waals surface area contributed by atoms with Crippen LogP contribution in [0.4, 0.5) is 0 Å². The minimum atomic E-state index is -0.365. The second-order valence-electron chi connectivity index (χ2n) is 5.79. The number of aromatic amines is 1. The summed E-state index contributed by atoms with van der Waals surface area (Å²) in [5, 5.41) is 9.07. The van der Waals surface area contributed by atoms with Crippen LogP contribution < -0.4 is 11.3 Å². The molecule has 1 aromatic heterocycles. The topological polar surface area (TPSA) is 103 Å². The number of pyridine rings is 1. The number of amides is 1. The highest BCUT2D eigenvalue weighted by Gasteiger charge is 2.27. The van der Waals surface area contributed by atoms with Crippen molar-refractivity contribution in [2.45, 2.75) is 45.6 Å². The summed E-state index contributed by atoms with van der Waals surface area (Å²) in [4.78, 5) is 28.6. The summed E-state index contributed by atoms with van der Waals surface area (Å²) in [5.41, 5.74) is 7.75. The highest BCUT2D eigenvalue weighted by molar-refractivity contribution is 5.77. The molecule has 0 spiro atoms. The van der Waals surface area contributed by atoms with E-state index in [0.29, 0.717) is 24.9 Å². The lowest BCUT2D eigenvalue weighted by molar-refractivity contribution is -0.131. The number of aromatic nitrogens is 1. The van der Waals surface area contributed by atoms with Crippen molar-refractivity contribution < 1.29 is 4.79 Å². The number of H-pyrrole nitrogens is 1. The van der Waals surface area contributed by atoms with E-state index < -0.39 is 0 Å². The number of hydrogen-bond acceptors (Lipinski definition) is 4. The van der Waals surface area contributed by atoms with Crippen LogP contribution in [0.5, 0.6) is 0 Å². The average Bonchev–Trinajstić information content (AvgIpc) is 2.95. The molecule has 6 heteroatoms. The molecular weight excluding hydrogens is 280 g/mol. The van der Waals surface area contributed by atoms with Gasteiger partial charge in [-0.25, -0.2) is 0 Å². The number of nitrogens with two attached hydrogens (primary N) is 1. The monoisotopic (exact) mass is 302 g/mol. The molecule has 1 saturated heterocycles. The largest absolute Gasteiger partial charge is 0.338 e. The molecule has 1 atom stereocenters. The maximum Gasteiger partial charge on any atom is 0.266 e. The summed E-state index contributed by atoms with van der Waals surface area (Å²) in [7, 11) is 0. The Morgan fingerprint density at radius 3 is 2.86 bits per heavy atom. The lowest BCUT2D eigenvalue weighted by atomic mass is 9.99. The van der Waals surface area contributed by atoms with Gasteiger partial charge in [0.05, 0.1) is 0 Å². The molecule has 2 heterocycles. The van der Waals surface area contributed by atoms with Crippen molar-refractivity contribution in [1.82, 2.24) is 9.88 Å². The SMILES string of the molecule is Cc1[nH]c(=O)c(C#N)c(C)c1CCC(=O)N1CCCC1CN. The first-order valence-electron chi connectivity index (χ1n) is 7.61. The van der Waals surface area contributed by atoms with Gasteiger partial charge in [-0.2, -0.15) is 5.26 Å². The second kappa shape index (κ2) is 6.75. The van der Waals surface area contributed by atoms with E-state index in [1.807, 2.05) is 11.0 Å². The first-order valence-corrected chi connectivity index (χ1v) is 7.61. The van der Waals surface area contributed by atoms with Crippen LogP contribution in [0.3, 0.4) is 0 Å². The van der Waals surface area contributed by atoms with E-state index in [-0.39, 0.29) is 23.1 Å². The molecule has 1 fully saturated rings. The first kappa shape index (κ1) is 16.2. The Balaban J connectivity index is 2.14. The number of nitriles is 1. The van der Waals surface area contributed by atoms with Gasteiger partial charge in [-0.1, -0.05) is 0 Å². The van der Waals surface area contributed by atoms with Gasteiger partial charge in [-0.15, -0.1) is 0 Å². The summed E-state index contributed by atoms with van der Waals surface area (Å²) in [6, 6.07) is 2.09. The quantitative estimate of drug-likeness (QED) is 0.856. The van der Waals surface area contributed by atoms with Crippen LogP contribution in [0.1, 0.15) is 41.6 Å². The lowest BCUT2D eigenvalue weighted by Gasteiger charge is -2.23. The van der Waals surface area contributed by atoms with Crippen LogP contribution in [0.15, 0.2) is 4.79 Å². The molecule has 0 radical (unpaired) electrons. The van der Waals surface area contributed by atoms with Crippen molar-refractivity contribution in [3.05, 3.63) is 32.7 Å². The van der Waals surface area contributed by atoms with E-state index >= 15 is 0 Å². The standard InChI is InChI=1S/C16H22N4O2/c1-10-13(11(2)19-16(22)14(10)9-18)5-6-15(21)20-7-3-4-12(20)8-17/h12H,3-8,17H2,1-2H3,(H,19,22). The molecule has 6 nitrogen and oxygen atoms in total. The number of nitrogens with zero attached hydrogens (tertiary/aromatic N) is 2. The summed E-state index contributed by atoms with van der Waals surface area (Å²) in [5.74, 6) is 0.0939. The zero-order valence-electron chi connectivity index (χ0n) is 13.1. The predicted molar refractivity (Wildman–Crippen MR) is 83.4 cm³/mol. The summed E-state index contributed by atoms with van der Waals surface area (Å²) in [6.45, 7) is 4.84. The molecule has 118 valence electrons. The van der Waals surface area contributed by atoms with Crippen LogP contribution in [-0.2, 0) is 11.2 Å². The van der Waals surface area contributed by atoms with Crippen LogP contribution in [0.25, 0.3) is 0 Å². The number of rotatable bonds is 4. The summed E-state index contributed by atoms with van der Waals surface area (Å²) in [6.07, 6.45) is 2.87. The fourth-order valence-corrected chi connectivity index (χ4v) is 3.20. The summed E-state index contributed by atoms with van der Waals surface area (Å²) >= 11 is 0. The van der Waals surface area contributed by atoms with Gasteiger partial charge in [0, 0.05) is 31.2 Å². The zero-order valence-corrected chi connectivity index (χ0v) is 13.1. The first-order chi connectivity index (χ1) is 10.5. The van der Waals surface area contributed by atoms with E-state index in [1.165, 1.54) is 0 Å². The highest BCUT2D eigenvalue weighted by atomic mass is 16.2. The van der Waals surface area contributed by atoms with Crippen molar-refractivity contribution in [3.63, 3.8) is 0 Å². The zero-order chi connectivity index (χ0) is 16.3. The third-order valence-electron chi connectivity index (χ3n) is 4.48. The fraction of sp³-hybridized carbons (Fsp3) is 0.562. The van der Waals surface area contributed by atoms with Crippen LogP contribution in [-0.4, -0.2) is 34.9 Å². The molecule has 0 aromatic carbocycles. The molecule has 22 heavy (non-hydrogen) atoms. The van der Waals surface area contributed by atoms with Gasteiger partial charge < -0.3 is 15.6 Å². The maximum atomic E-state index is 12.4. The normalized spacial score (nSPS) is 17.5. The van der Waals surface area contributed by atoms with Gasteiger partial charge >= 0.3 is 0 Å². The van der Waals surface area contributed by atoms with E-state index in [4.69, 9.17) is 11.0 Å². The van der Waals surface area contributed by atoms with Gasteiger partial charge in [0.2, 0.25) is 5.91 Å². The molecule has 0 saturated carbocycles. The third-order valence-corrected chi connectivity index (χ3v) is 4.48. The van der Waals surface area contributed by atoms with Crippen LogP contribution >= 0.6 is 0 Å². The Bertz CT molecular complexity index is 672. The molecule has 2 rings (SSSR count). The van der Waals surface area contributed by atoms with Gasteiger partial charge in [0.15, 0.2) is 0 Å². The smallest absolute Gasteiger partial charge is 0.266 e. The molecule has 3 N–H and O–H groups in total. The van der Waals surface area contributed by atoms with E-state index in [1.54, 1.807) is 13.8 Å². The van der Waals surface area contributed by atoms with Gasteiger partial charge in [-0.3, -0.25) is 9.59 Å². The second-order valence-corrected chi connectivity index (χ2v) is 5.79. The van der Waals surface area contributed by atoms with Crippen molar-refractivity contribution in [2.24, 2.45) is 5.73 Å². The number of hydrogen-bond donors (Lipinski definition) is 2. The molecule has 0 aliphatic carbocycles. The van der Waals surface area contributed by atoms with Gasteiger partial charge in [-0.05, 0) is 44.2 Å². The molecule has 1 aliphatic rings. The van der Waals surface area contributed by atoms with Gasteiger partial charge in [0.1, 0.15) is 11.6 Å². The number of nitrogens with one attached hydrogen (secondary N) is 1. The number of likely N-dealkylation sites (tertiary alicyclic amines) is 1. The Morgan fingerprint density at radius 1 is 1.50 bits per heavy atom. The number of carbonyl (C=O) groups excluding carboxylic acids is 1. The lowest BCUT2D eigenvalue weighted by Crippen LogP contribution is -2.40. The fourth-order valence-electron chi connectivity index (χ4n) is 3.20. The molecule has 0 bridgehead atoms. The highest BCUT2D eigenvalue weighted by Crippen LogP contribution is 2.20. The van der Waals surface area contributed by atoms with Crippen molar-refractivity contribution in [1.29, 1.82) is 5.26 Å². The summed E-state index contributed by atoms with van der Waals surface area (Å²) < 4.78 is 0. The van der Waals surface area contributed by atoms with E-state index in [2.05, 4.69) is 4.98 Å². The van der Waals surface area contributed by atoms with Crippen LogP contribution in [0.2, 0.25) is 0 Å². The predicted octanol–water partition coefficient (Wildman–Crippen LogP) is 0.746. The Labute approximate surface area is 129 Å². The molecule has 1 aliphatic heterocycles. The van der Waals surface area contributed by atoms with Crippen LogP contribution in [0, 0.1) is 25.2 Å². The molecule has 1 amide bonds. The van der Waals surface area contributed by atoms with Crippen molar-refractivity contribution in [2.75, 3.05) is 13.1 Å². The average molecular weight is 302 g/mol. The third kappa shape index (κ3) is 3.04. The van der Waals surface area contributed by atoms with E-state index in [0.717, 1.165) is 30.6 Å². The minimum absolute atomic E-state index is 0.0939. The molecular formula is C16H22N4O2. The number of carbonyl (C=O) groups is 1. The van der Waals surface area contributed by atoms with Crippen molar-refractivity contribution >= 4 is 5.91 Å².